The third-order valence-electron chi connectivity index (χ3n) is 5.76. The van der Waals surface area contributed by atoms with Gasteiger partial charge in [0.05, 0.1) is 17.6 Å². The summed E-state index contributed by atoms with van der Waals surface area (Å²) in [5.41, 5.74) is 3.48. The van der Waals surface area contributed by atoms with Crippen molar-refractivity contribution >= 4 is 16.9 Å². The lowest BCUT2D eigenvalue weighted by atomic mass is 9.99. The SMILES string of the molecule is CCC(C)c1ccc(OCCCn2c(CCNC(=O)C(C)C)nc3ccccc32)cc1. The van der Waals surface area contributed by atoms with Gasteiger partial charge >= 0.3 is 0 Å². The highest BCUT2D eigenvalue weighted by Crippen LogP contribution is 2.22. The maximum atomic E-state index is 11.9. The first-order valence-corrected chi connectivity index (χ1v) is 11.4. The van der Waals surface area contributed by atoms with Crippen molar-refractivity contribution in [2.45, 2.75) is 59.4 Å². The number of hydrogen-bond acceptors (Lipinski definition) is 3. The minimum atomic E-state index is -0.00443. The van der Waals surface area contributed by atoms with E-state index in [1.807, 2.05) is 32.0 Å². The van der Waals surface area contributed by atoms with Crippen LogP contribution in [0.4, 0.5) is 0 Å². The molecule has 166 valence electrons. The van der Waals surface area contributed by atoms with Gasteiger partial charge in [-0.05, 0) is 48.6 Å². The Morgan fingerprint density at radius 2 is 1.84 bits per heavy atom. The Kier molecular flexibility index (Phi) is 8.10. The molecule has 0 aliphatic heterocycles. The summed E-state index contributed by atoms with van der Waals surface area (Å²) in [4.78, 5) is 16.7. The number of carbonyl (C=O) groups excluding carboxylic acids is 1. The van der Waals surface area contributed by atoms with Gasteiger partial charge in [-0.2, -0.15) is 0 Å². The molecule has 0 spiro atoms. The fourth-order valence-corrected chi connectivity index (χ4v) is 3.61. The lowest BCUT2D eigenvalue weighted by Crippen LogP contribution is -2.30. The second kappa shape index (κ2) is 11.0. The number of amides is 1. The first-order chi connectivity index (χ1) is 15.0. The zero-order chi connectivity index (χ0) is 22.2. The van der Waals surface area contributed by atoms with E-state index < -0.39 is 0 Å². The molecule has 0 fully saturated rings. The molecule has 5 nitrogen and oxygen atoms in total. The molecule has 3 aromatic rings. The minimum absolute atomic E-state index is 0.00443. The van der Waals surface area contributed by atoms with Crippen LogP contribution in [-0.2, 0) is 17.8 Å². The molecule has 1 atom stereocenters. The van der Waals surface area contributed by atoms with Gasteiger partial charge in [0, 0.05) is 25.4 Å². The van der Waals surface area contributed by atoms with Crippen molar-refractivity contribution in [2.24, 2.45) is 5.92 Å². The normalized spacial score (nSPS) is 12.3. The third kappa shape index (κ3) is 6.09. The van der Waals surface area contributed by atoms with Crippen LogP contribution < -0.4 is 10.1 Å². The number of rotatable bonds is 11. The second-order valence-electron chi connectivity index (χ2n) is 8.44. The molecule has 0 saturated carbocycles. The summed E-state index contributed by atoms with van der Waals surface area (Å²) < 4.78 is 8.23. The van der Waals surface area contributed by atoms with Gasteiger partial charge in [0.1, 0.15) is 11.6 Å². The van der Waals surface area contributed by atoms with Crippen molar-refractivity contribution in [3.05, 3.63) is 59.9 Å². The van der Waals surface area contributed by atoms with Crippen LogP contribution in [0.15, 0.2) is 48.5 Å². The standard InChI is InChI=1S/C26H35N3O2/c1-5-20(4)21-11-13-22(14-12-21)31-18-8-17-29-24-10-7-6-9-23(24)28-25(29)15-16-27-26(30)19(2)3/h6-7,9-14,19-20H,5,8,15-18H2,1-4H3,(H,27,30). The molecule has 31 heavy (non-hydrogen) atoms. The summed E-state index contributed by atoms with van der Waals surface area (Å²) in [5, 5.41) is 2.99. The highest BCUT2D eigenvalue weighted by Gasteiger charge is 2.12. The average Bonchev–Trinajstić information content (AvgIpc) is 3.13. The number of aryl methyl sites for hydroxylation is 1. The fraction of sp³-hybridized carbons (Fsp3) is 0.462. The van der Waals surface area contributed by atoms with Crippen LogP contribution in [0, 0.1) is 5.92 Å². The quantitative estimate of drug-likeness (QED) is 0.426. The topological polar surface area (TPSA) is 56.1 Å². The Bertz CT molecular complexity index is 976. The van der Waals surface area contributed by atoms with Crippen molar-refractivity contribution in [2.75, 3.05) is 13.2 Å². The molecule has 0 aliphatic rings. The van der Waals surface area contributed by atoms with Crippen molar-refractivity contribution < 1.29 is 9.53 Å². The largest absolute Gasteiger partial charge is 0.494 e. The number of fused-ring (bicyclic) bond motifs is 1. The predicted molar refractivity (Wildman–Crippen MR) is 127 cm³/mol. The van der Waals surface area contributed by atoms with Crippen LogP contribution in [0.1, 0.15) is 57.8 Å². The Labute approximate surface area is 185 Å². The molecule has 1 heterocycles. The van der Waals surface area contributed by atoms with E-state index >= 15 is 0 Å². The first kappa shape index (κ1) is 22.9. The van der Waals surface area contributed by atoms with E-state index in [1.54, 1.807) is 0 Å². The van der Waals surface area contributed by atoms with Gasteiger partial charge in [0.15, 0.2) is 0 Å². The number of benzene rings is 2. The maximum Gasteiger partial charge on any atom is 0.222 e. The van der Waals surface area contributed by atoms with E-state index in [4.69, 9.17) is 9.72 Å². The van der Waals surface area contributed by atoms with E-state index in [0.29, 0.717) is 25.5 Å². The minimum Gasteiger partial charge on any atom is -0.494 e. The Morgan fingerprint density at radius 3 is 2.55 bits per heavy atom. The van der Waals surface area contributed by atoms with E-state index in [2.05, 4.69) is 54.1 Å². The molecule has 1 amide bonds. The summed E-state index contributed by atoms with van der Waals surface area (Å²) in [6.45, 7) is 10.3. The Balaban J connectivity index is 1.58. The number of imidazole rings is 1. The molecule has 1 N–H and O–H groups in total. The molecule has 0 bridgehead atoms. The van der Waals surface area contributed by atoms with E-state index in [1.165, 1.54) is 5.56 Å². The predicted octanol–water partition coefficient (Wildman–Crippen LogP) is 5.33. The molecule has 5 heteroatoms. The van der Waals surface area contributed by atoms with Crippen LogP contribution in [0.25, 0.3) is 11.0 Å². The number of carbonyl (C=O) groups is 1. The number of hydrogen-bond donors (Lipinski definition) is 1. The Morgan fingerprint density at radius 1 is 1.10 bits per heavy atom. The fourth-order valence-electron chi connectivity index (χ4n) is 3.61. The number of ether oxygens (including phenoxy) is 1. The van der Waals surface area contributed by atoms with Gasteiger partial charge in [-0.1, -0.05) is 52.0 Å². The highest BCUT2D eigenvalue weighted by atomic mass is 16.5. The summed E-state index contributed by atoms with van der Waals surface area (Å²) in [5.74, 6) is 2.57. The lowest BCUT2D eigenvalue weighted by molar-refractivity contribution is -0.123. The zero-order valence-electron chi connectivity index (χ0n) is 19.2. The number of nitrogens with one attached hydrogen (secondary N) is 1. The summed E-state index contributed by atoms with van der Waals surface area (Å²) in [6, 6.07) is 16.7. The summed E-state index contributed by atoms with van der Waals surface area (Å²) >= 11 is 0. The summed E-state index contributed by atoms with van der Waals surface area (Å²) in [6.07, 6.45) is 2.74. The Hall–Kier alpha value is -2.82. The van der Waals surface area contributed by atoms with Crippen LogP contribution in [0.5, 0.6) is 5.75 Å². The molecule has 3 rings (SSSR count). The average molecular weight is 422 g/mol. The number of aromatic nitrogens is 2. The molecular weight excluding hydrogens is 386 g/mol. The molecule has 1 aromatic heterocycles. The van der Waals surface area contributed by atoms with E-state index in [9.17, 15) is 4.79 Å². The molecule has 0 radical (unpaired) electrons. The second-order valence-corrected chi connectivity index (χ2v) is 8.44. The van der Waals surface area contributed by atoms with Crippen LogP contribution >= 0.6 is 0 Å². The maximum absolute atomic E-state index is 11.9. The van der Waals surface area contributed by atoms with Crippen LogP contribution in [-0.4, -0.2) is 28.6 Å². The monoisotopic (exact) mass is 421 g/mol. The molecule has 0 saturated heterocycles. The van der Waals surface area contributed by atoms with Crippen molar-refractivity contribution in [1.82, 2.24) is 14.9 Å². The zero-order valence-corrected chi connectivity index (χ0v) is 19.2. The molecule has 0 aliphatic carbocycles. The van der Waals surface area contributed by atoms with Crippen LogP contribution in [0.2, 0.25) is 0 Å². The van der Waals surface area contributed by atoms with Crippen molar-refractivity contribution in [3.8, 4) is 5.75 Å². The highest BCUT2D eigenvalue weighted by molar-refractivity contribution is 5.78. The van der Waals surface area contributed by atoms with Gasteiger partial charge in [-0.25, -0.2) is 4.98 Å². The van der Waals surface area contributed by atoms with Gasteiger partial charge in [0.2, 0.25) is 5.91 Å². The smallest absolute Gasteiger partial charge is 0.222 e. The molecule has 2 aromatic carbocycles. The van der Waals surface area contributed by atoms with Crippen molar-refractivity contribution in [3.63, 3.8) is 0 Å². The van der Waals surface area contributed by atoms with E-state index in [0.717, 1.165) is 42.0 Å². The molecule has 1 unspecified atom stereocenters. The number of para-hydroxylation sites is 2. The third-order valence-corrected chi connectivity index (χ3v) is 5.76. The van der Waals surface area contributed by atoms with Gasteiger partial charge in [-0.15, -0.1) is 0 Å². The van der Waals surface area contributed by atoms with Gasteiger partial charge in [-0.3, -0.25) is 4.79 Å². The van der Waals surface area contributed by atoms with Gasteiger partial charge < -0.3 is 14.6 Å². The summed E-state index contributed by atoms with van der Waals surface area (Å²) in [7, 11) is 0. The van der Waals surface area contributed by atoms with E-state index in [-0.39, 0.29) is 11.8 Å². The lowest BCUT2D eigenvalue weighted by Gasteiger charge is -2.12. The van der Waals surface area contributed by atoms with Gasteiger partial charge in [0.25, 0.3) is 0 Å². The molecular formula is C26H35N3O2. The van der Waals surface area contributed by atoms with Crippen molar-refractivity contribution in [1.29, 1.82) is 0 Å². The van der Waals surface area contributed by atoms with Crippen LogP contribution in [0.3, 0.4) is 0 Å². The number of nitrogens with zero attached hydrogens (tertiary/aromatic N) is 2. The first-order valence-electron chi connectivity index (χ1n) is 11.4.